The molecule has 5 heteroatoms. The summed E-state index contributed by atoms with van der Waals surface area (Å²) in [7, 11) is 0. The van der Waals surface area contributed by atoms with Crippen LogP contribution in [-0.4, -0.2) is 6.66 Å². The second-order valence-electron chi connectivity index (χ2n) is 5.27. The molecule has 1 aliphatic rings. The van der Waals surface area contributed by atoms with Crippen molar-refractivity contribution in [1.29, 1.82) is 0 Å². The van der Waals surface area contributed by atoms with Gasteiger partial charge in [-0.05, 0) is 0 Å². The van der Waals surface area contributed by atoms with Gasteiger partial charge in [0.15, 0.2) is 0 Å². The van der Waals surface area contributed by atoms with E-state index in [-0.39, 0.29) is 24.8 Å². The van der Waals surface area contributed by atoms with E-state index < -0.39 is 24.2 Å². The molecule has 1 nitrogen and oxygen atoms in total. The van der Waals surface area contributed by atoms with Crippen molar-refractivity contribution in [2.45, 2.75) is 33.4 Å². The summed E-state index contributed by atoms with van der Waals surface area (Å²) < 4.78 is 8.05. The SMILES string of the molecule is Cc1cc(C)cc([O][Ti]([C]2=CC=CC2)[SiH](C)C)c1.Cl.Cl. The average Bonchev–Trinajstić information content (AvgIpc) is 2.77. The quantitative estimate of drug-likeness (QED) is 0.690. The van der Waals surface area contributed by atoms with E-state index in [9.17, 15) is 0 Å². The van der Waals surface area contributed by atoms with Gasteiger partial charge < -0.3 is 0 Å². The van der Waals surface area contributed by atoms with Gasteiger partial charge in [-0.3, -0.25) is 0 Å². The Morgan fingerprint density at radius 2 is 1.65 bits per heavy atom. The molecule has 0 aromatic heterocycles. The largest absolute Gasteiger partial charge is 0.147 e. The molecule has 0 heterocycles. The molecule has 0 N–H and O–H groups in total. The van der Waals surface area contributed by atoms with Crippen molar-refractivity contribution >= 4 is 31.5 Å². The van der Waals surface area contributed by atoms with Crippen LogP contribution >= 0.6 is 24.8 Å². The number of benzene rings is 1. The molecule has 0 fully saturated rings. The molecule has 0 unspecified atom stereocenters. The third kappa shape index (κ3) is 5.42. The molecule has 1 aliphatic carbocycles. The third-order valence-electron chi connectivity index (χ3n) is 3.04. The standard InChI is InChI=1S/C8H10O.C5H5.C2H7Si.2ClH.Ti/c1-6-3-7(2)5-8(9)4-6;1-2-4-5-3-1;1-3-2;;;/h3-5,9H,1-2H3;1-3H,4H2;3H,1-2H3;2*1H;/q;;;;;+1/p-1. The predicted molar refractivity (Wildman–Crippen MR) is 91.8 cm³/mol. The summed E-state index contributed by atoms with van der Waals surface area (Å²) in [6.07, 6.45) is 7.87. The fraction of sp³-hybridized carbons (Fsp3) is 0.333. The normalized spacial score (nSPS) is 12.6. The van der Waals surface area contributed by atoms with Gasteiger partial charge in [0.25, 0.3) is 0 Å². The molecular weight excluding hydrogens is 343 g/mol. The summed E-state index contributed by atoms with van der Waals surface area (Å²) >= 11 is -1.49. The molecule has 0 saturated carbocycles. The van der Waals surface area contributed by atoms with Gasteiger partial charge in [0.2, 0.25) is 0 Å². The Kier molecular flexibility index (Phi) is 9.12. The van der Waals surface area contributed by atoms with Crippen LogP contribution in [0.25, 0.3) is 0 Å². The van der Waals surface area contributed by atoms with Gasteiger partial charge in [-0.15, -0.1) is 24.8 Å². The molecular formula is C15H23Cl2OSiTi. The number of allylic oxidation sites excluding steroid dienone is 4. The molecule has 2 rings (SSSR count). The van der Waals surface area contributed by atoms with Crippen LogP contribution in [0.2, 0.25) is 13.1 Å². The second-order valence-corrected chi connectivity index (χ2v) is 17.6. The smallest absolute Gasteiger partial charge is 0.147 e. The van der Waals surface area contributed by atoms with E-state index in [1.54, 1.807) is 3.88 Å². The van der Waals surface area contributed by atoms with E-state index >= 15 is 0 Å². The van der Waals surface area contributed by atoms with E-state index in [1.165, 1.54) is 11.1 Å². The van der Waals surface area contributed by atoms with Crippen molar-refractivity contribution in [2.24, 2.45) is 0 Å². The number of hydrogen-bond acceptors (Lipinski definition) is 1. The van der Waals surface area contributed by atoms with Gasteiger partial charge in [0.05, 0.1) is 0 Å². The maximum absolute atomic E-state index is 6.44. The summed E-state index contributed by atoms with van der Waals surface area (Å²) in [6, 6.07) is 6.56. The average molecular weight is 366 g/mol. The number of aryl methyl sites for hydroxylation is 2. The van der Waals surface area contributed by atoms with E-state index in [0.29, 0.717) is 0 Å². The molecule has 0 saturated heterocycles. The van der Waals surface area contributed by atoms with Crippen molar-refractivity contribution in [3.63, 3.8) is 0 Å². The Morgan fingerprint density at radius 1 is 1.05 bits per heavy atom. The Morgan fingerprint density at radius 3 is 2.10 bits per heavy atom. The summed E-state index contributed by atoms with van der Waals surface area (Å²) in [5, 5.41) is 0. The van der Waals surface area contributed by atoms with E-state index in [2.05, 4.69) is 63.4 Å². The fourth-order valence-electron chi connectivity index (χ4n) is 2.30. The Bertz CT molecular complexity index is 480. The van der Waals surface area contributed by atoms with Crippen LogP contribution in [0, 0.1) is 13.8 Å². The molecule has 0 radical (unpaired) electrons. The molecule has 1 aromatic rings. The number of rotatable bonds is 4. The van der Waals surface area contributed by atoms with Gasteiger partial charge in [-0.2, -0.15) is 0 Å². The van der Waals surface area contributed by atoms with E-state index in [4.69, 9.17) is 3.32 Å². The third-order valence-corrected chi connectivity index (χ3v) is 13.3. The minimum Gasteiger partial charge on any atom is -0.147 e. The zero-order chi connectivity index (χ0) is 13.1. The first-order valence-corrected chi connectivity index (χ1v) is 13.6. The monoisotopic (exact) mass is 365 g/mol. The summed E-state index contributed by atoms with van der Waals surface area (Å²) in [4.78, 5) is 0. The van der Waals surface area contributed by atoms with Crippen molar-refractivity contribution in [3.05, 3.63) is 51.4 Å². The minimum absolute atomic E-state index is 0. The Balaban J connectivity index is 0.00000180. The molecule has 1 aromatic carbocycles. The minimum atomic E-state index is -1.49. The zero-order valence-corrected chi connectivity index (χ0v) is 16.8. The van der Waals surface area contributed by atoms with Crippen molar-refractivity contribution < 1.29 is 20.8 Å². The van der Waals surface area contributed by atoms with E-state index in [1.807, 2.05) is 0 Å². The fourth-order valence-corrected chi connectivity index (χ4v) is 11.0. The predicted octanol–water partition coefficient (Wildman–Crippen LogP) is 4.89. The van der Waals surface area contributed by atoms with Gasteiger partial charge in [0.1, 0.15) is 0 Å². The molecule has 0 amide bonds. The van der Waals surface area contributed by atoms with Gasteiger partial charge in [-0.1, -0.05) is 0 Å². The Labute approximate surface area is 142 Å². The van der Waals surface area contributed by atoms with Crippen molar-refractivity contribution in [2.75, 3.05) is 0 Å². The summed E-state index contributed by atoms with van der Waals surface area (Å²) in [5.74, 6) is 1.09. The summed E-state index contributed by atoms with van der Waals surface area (Å²) in [5.41, 5.74) is 2.60. The van der Waals surface area contributed by atoms with Crippen LogP contribution in [-0.2, 0) is 17.5 Å². The zero-order valence-electron chi connectivity index (χ0n) is 12.5. The van der Waals surface area contributed by atoms with Gasteiger partial charge in [0, 0.05) is 0 Å². The first-order valence-electron chi connectivity index (χ1n) is 6.55. The first-order chi connectivity index (χ1) is 8.56. The van der Waals surface area contributed by atoms with Crippen LogP contribution in [0.1, 0.15) is 17.5 Å². The second kappa shape index (κ2) is 9.12. The van der Waals surface area contributed by atoms with Crippen LogP contribution in [0.15, 0.2) is 40.3 Å². The number of halogens is 2. The van der Waals surface area contributed by atoms with Crippen LogP contribution < -0.4 is 3.32 Å². The molecule has 0 atom stereocenters. The molecule has 0 bridgehead atoms. The first kappa shape index (κ1) is 20.0. The van der Waals surface area contributed by atoms with Crippen LogP contribution in [0.4, 0.5) is 0 Å². The van der Waals surface area contributed by atoms with Crippen LogP contribution in [0.3, 0.4) is 0 Å². The van der Waals surface area contributed by atoms with Gasteiger partial charge >= 0.3 is 118 Å². The molecule has 0 spiro atoms. The summed E-state index contributed by atoms with van der Waals surface area (Å²) in [6.45, 7) is 8.44. The molecule has 111 valence electrons. The Hall–Kier alpha value is 0.0112. The topological polar surface area (TPSA) is 9.23 Å². The number of hydrogen-bond donors (Lipinski definition) is 0. The van der Waals surface area contributed by atoms with Gasteiger partial charge in [-0.25, -0.2) is 0 Å². The maximum atomic E-state index is 6.44. The van der Waals surface area contributed by atoms with Crippen molar-refractivity contribution in [3.8, 4) is 5.75 Å². The van der Waals surface area contributed by atoms with E-state index in [0.717, 1.165) is 12.2 Å². The maximum Gasteiger partial charge on any atom is -0.147 e. The molecule has 0 aliphatic heterocycles. The molecule has 20 heavy (non-hydrogen) atoms. The van der Waals surface area contributed by atoms with Crippen LogP contribution in [0.5, 0.6) is 5.75 Å². The van der Waals surface area contributed by atoms with Crippen molar-refractivity contribution in [1.82, 2.24) is 0 Å².